The number of halogens is 1. The molecule has 0 amide bonds. The van der Waals surface area contributed by atoms with Crippen molar-refractivity contribution >= 4 is 6.29 Å². The molecule has 1 aromatic rings. The van der Waals surface area contributed by atoms with Gasteiger partial charge in [0.2, 0.25) is 5.82 Å². The number of nitrogens with zero attached hydrogens (tertiary/aromatic N) is 1. The Labute approximate surface area is 109 Å². The zero-order valence-corrected chi connectivity index (χ0v) is 9.89. The standard InChI is InChI=1S/C10H11FN2O7/c11-5-3(1-14)13(10(19)12-8(5)18)9-7(17)6(16)4(2-15)20-9/h1,4,6-7,9,15-17H,2H2,(H,12,18,19)/t4-,6-,7-,9-/m1/s1. The van der Waals surface area contributed by atoms with Gasteiger partial charge in [0.25, 0.3) is 5.56 Å². The maximum absolute atomic E-state index is 13.5. The highest BCUT2D eigenvalue weighted by molar-refractivity contribution is 5.72. The van der Waals surface area contributed by atoms with Crippen molar-refractivity contribution in [3.63, 3.8) is 0 Å². The normalized spacial score (nSPS) is 29.6. The molecule has 2 rings (SSSR count). The van der Waals surface area contributed by atoms with E-state index in [-0.39, 0.29) is 6.29 Å². The fourth-order valence-electron chi connectivity index (χ4n) is 2.00. The van der Waals surface area contributed by atoms with Crippen LogP contribution in [-0.2, 0) is 4.74 Å². The Balaban J connectivity index is 2.59. The van der Waals surface area contributed by atoms with E-state index in [0.29, 0.717) is 4.57 Å². The van der Waals surface area contributed by atoms with Gasteiger partial charge in [0.1, 0.15) is 24.0 Å². The van der Waals surface area contributed by atoms with E-state index in [1.807, 2.05) is 0 Å². The number of ether oxygens (including phenoxy) is 1. The fourth-order valence-corrected chi connectivity index (χ4v) is 2.00. The van der Waals surface area contributed by atoms with Crippen LogP contribution >= 0.6 is 0 Å². The Morgan fingerprint density at radius 2 is 2.00 bits per heavy atom. The smallest absolute Gasteiger partial charge is 0.331 e. The zero-order chi connectivity index (χ0) is 15.0. The lowest BCUT2D eigenvalue weighted by atomic mass is 10.1. The molecule has 0 unspecified atom stereocenters. The number of hydrogen-bond donors (Lipinski definition) is 4. The lowest BCUT2D eigenvalue weighted by molar-refractivity contribution is -0.0560. The summed E-state index contributed by atoms with van der Waals surface area (Å²) in [4.78, 5) is 35.2. The van der Waals surface area contributed by atoms with Gasteiger partial charge in [-0.1, -0.05) is 0 Å². The van der Waals surface area contributed by atoms with Gasteiger partial charge in [-0.25, -0.2) is 4.79 Å². The quantitative estimate of drug-likeness (QED) is 0.437. The summed E-state index contributed by atoms with van der Waals surface area (Å²) in [5.74, 6) is -1.52. The van der Waals surface area contributed by atoms with Crippen LogP contribution in [0.5, 0.6) is 0 Å². The lowest BCUT2D eigenvalue weighted by Crippen LogP contribution is -2.41. The van der Waals surface area contributed by atoms with Crippen molar-refractivity contribution in [3.8, 4) is 0 Å². The number of rotatable bonds is 3. The molecule has 0 saturated carbocycles. The van der Waals surface area contributed by atoms with E-state index in [2.05, 4.69) is 0 Å². The molecule has 20 heavy (non-hydrogen) atoms. The third-order valence-electron chi connectivity index (χ3n) is 3.01. The van der Waals surface area contributed by atoms with E-state index in [1.165, 1.54) is 0 Å². The first-order valence-electron chi connectivity index (χ1n) is 5.54. The molecular formula is C10H11FN2O7. The van der Waals surface area contributed by atoms with Crippen molar-refractivity contribution < 1.29 is 29.2 Å². The molecule has 9 nitrogen and oxygen atoms in total. The van der Waals surface area contributed by atoms with Crippen LogP contribution in [0.25, 0.3) is 0 Å². The Morgan fingerprint density at radius 3 is 2.50 bits per heavy atom. The molecule has 4 N–H and O–H groups in total. The largest absolute Gasteiger partial charge is 0.394 e. The van der Waals surface area contributed by atoms with Crippen molar-refractivity contribution in [2.24, 2.45) is 0 Å². The average Bonchev–Trinajstić information content (AvgIpc) is 2.70. The number of nitrogens with one attached hydrogen (secondary N) is 1. The van der Waals surface area contributed by atoms with Gasteiger partial charge in [-0.15, -0.1) is 0 Å². The summed E-state index contributed by atoms with van der Waals surface area (Å²) >= 11 is 0. The summed E-state index contributed by atoms with van der Waals surface area (Å²) in [6.45, 7) is -0.661. The number of aliphatic hydroxyl groups is 3. The van der Waals surface area contributed by atoms with E-state index in [9.17, 15) is 29.0 Å². The molecule has 110 valence electrons. The molecule has 0 aromatic carbocycles. The number of hydrogen-bond acceptors (Lipinski definition) is 7. The van der Waals surface area contributed by atoms with Crippen LogP contribution in [0.2, 0.25) is 0 Å². The second kappa shape index (κ2) is 5.25. The van der Waals surface area contributed by atoms with E-state index in [1.54, 1.807) is 4.98 Å². The number of H-pyrrole nitrogens is 1. The highest BCUT2D eigenvalue weighted by atomic mass is 19.1. The summed E-state index contributed by atoms with van der Waals surface area (Å²) in [5.41, 5.74) is -3.50. The molecule has 1 aliphatic rings. The molecular weight excluding hydrogens is 279 g/mol. The molecule has 0 spiro atoms. The maximum Gasteiger partial charge on any atom is 0.331 e. The van der Waals surface area contributed by atoms with Gasteiger partial charge in [0.05, 0.1) is 6.61 Å². The third kappa shape index (κ3) is 2.08. The van der Waals surface area contributed by atoms with Crippen LogP contribution in [0, 0.1) is 5.82 Å². The van der Waals surface area contributed by atoms with Crippen LogP contribution in [0.4, 0.5) is 4.39 Å². The van der Waals surface area contributed by atoms with Gasteiger partial charge in [-0.05, 0) is 0 Å². The van der Waals surface area contributed by atoms with Crippen molar-refractivity contribution in [2.45, 2.75) is 24.5 Å². The van der Waals surface area contributed by atoms with Crippen molar-refractivity contribution in [2.75, 3.05) is 6.61 Å². The number of aromatic amines is 1. The van der Waals surface area contributed by atoms with Crippen LogP contribution in [0.3, 0.4) is 0 Å². The predicted molar refractivity (Wildman–Crippen MR) is 59.7 cm³/mol. The Bertz CT molecular complexity index is 639. The third-order valence-corrected chi connectivity index (χ3v) is 3.01. The molecule has 1 fully saturated rings. The Kier molecular flexibility index (Phi) is 3.81. The minimum atomic E-state index is -1.69. The maximum atomic E-state index is 13.5. The molecule has 0 radical (unpaired) electrons. The van der Waals surface area contributed by atoms with Gasteiger partial charge >= 0.3 is 5.69 Å². The fraction of sp³-hybridized carbons (Fsp3) is 0.500. The molecule has 4 atom stereocenters. The summed E-state index contributed by atoms with van der Waals surface area (Å²) in [5, 5.41) is 28.2. The second-order valence-electron chi connectivity index (χ2n) is 4.18. The van der Waals surface area contributed by atoms with Crippen molar-refractivity contribution in [1.29, 1.82) is 0 Å². The number of carbonyl (C=O) groups excluding carboxylic acids is 1. The van der Waals surface area contributed by atoms with Crippen LogP contribution in [0.15, 0.2) is 9.59 Å². The van der Waals surface area contributed by atoms with Gasteiger partial charge < -0.3 is 20.1 Å². The minimum absolute atomic E-state index is 0.0826. The van der Waals surface area contributed by atoms with Crippen molar-refractivity contribution in [1.82, 2.24) is 9.55 Å². The van der Waals surface area contributed by atoms with E-state index in [4.69, 9.17) is 9.84 Å². The molecule has 10 heteroatoms. The molecule has 1 aliphatic heterocycles. The SMILES string of the molecule is O=Cc1c(F)c(=O)[nH]c(=O)n1[C@@H]1O[C@H](CO)[C@@H](O)[C@H]1O. The summed E-state index contributed by atoms with van der Waals surface area (Å²) < 4.78 is 18.9. The monoisotopic (exact) mass is 290 g/mol. The first kappa shape index (κ1) is 14.5. The Morgan fingerprint density at radius 1 is 1.35 bits per heavy atom. The number of carbonyl (C=O) groups is 1. The highest BCUT2D eigenvalue weighted by Crippen LogP contribution is 2.28. The summed E-state index contributed by atoms with van der Waals surface area (Å²) in [7, 11) is 0. The Hall–Kier alpha value is -1.88. The van der Waals surface area contributed by atoms with Crippen molar-refractivity contribution in [3.05, 3.63) is 32.3 Å². The number of aliphatic hydroxyl groups excluding tert-OH is 3. The molecule has 1 aromatic heterocycles. The van der Waals surface area contributed by atoms with E-state index in [0.717, 1.165) is 0 Å². The second-order valence-corrected chi connectivity index (χ2v) is 4.18. The van der Waals surface area contributed by atoms with Gasteiger partial charge in [0.15, 0.2) is 12.5 Å². The first-order valence-corrected chi connectivity index (χ1v) is 5.54. The van der Waals surface area contributed by atoms with Gasteiger partial charge in [0, 0.05) is 0 Å². The van der Waals surface area contributed by atoms with Crippen LogP contribution in [-0.4, -0.2) is 56.1 Å². The average molecular weight is 290 g/mol. The summed E-state index contributed by atoms with van der Waals surface area (Å²) in [6, 6.07) is 0. The lowest BCUT2D eigenvalue weighted by Gasteiger charge is -2.19. The van der Waals surface area contributed by atoms with Crippen LogP contribution in [0.1, 0.15) is 16.7 Å². The highest BCUT2D eigenvalue weighted by Gasteiger charge is 2.44. The molecule has 0 aliphatic carbocycles. The van der Waals surface area contributed by atoms with Crippen LogP contribution < -0.4 is 11.2 Å². The zero-order valence-electron chi connectivity index (χ0n) is 9.89. The first-order chi connectivity index (χ1) is 9.42. The molecule has 0 bridgehead atoms. The number of aromatic nitrogens is 2. The predicted octanol–water partition coefficient (Wildman–Crippen LogP) is -2.90. The summed E-state index contributed by atoms with van der Waals surface area (Å²) in [6.07, 6.45) is -6.13. The molecule has 1 saturated heterocycles. The van der Waals surface area contributed by atoms with E-state index < -0.39 is 53.9 Å². The van der Waals surface area contributed by atoms with Gasteiger partial charge in [-0.2, -0.15) is 4.39 Å². The van der Waals surface area contributed by atoms with Gasteiger partial charge in [-0.3, -0.25) is 19.1 Å². The topological polar surface area (TPSA) is 142 Å². The van der Waals surface area contributed by atoms with E-state index >= 15 is 0 Å². The minimum Gasteiger partial charge on any atom is -0.394 e. The number of aldehydes is 1. The molecule has 2 heterocycles.